The summed E-state index contributed by atoms with van der Waals surface area (Å²) < 4.78 is 4.25. The summed E-state index contributed by atoms with van der Waals surface area (Å²) in [5.74, 6) is 1.63. The Morgan fingerprint density at radius 1 is 1.37 bits per heavy atom. The molecule has 0 unspecified atom stereocenters. The number of imidazole rings is 1. The summed E-state index contributed by atoms with van der Waals surface area (Å²) in [6.07, 6.45) is 4.68. The van der Waals surface area contributed by atoms with Gasteiger partial charge in [-0.2, -0.15) is 0 Å². The van der Waals surface area contributed by atoms with E-state index in [2.05, 4.69) is 34.0 Å². The lowest BCUT2D eigenvalue weighted by Gasteiger charge is -2.17. The summed E-state index contributed by atoms with van der Waals surface area (Å²) in [5.41, 5.74) is 2.61. The minimum absolute atomic E-state index is 0.446. The van der Waals surface area contributed by atoms with E-state index in [1.165, 1.54) is 17.2 Å². The molecule has 6 heteroatoms. The number of aromatic nitrogens is 5. The zero-order chi connectivity index (χ0) is 13.2. The molecular formula is C13H20N6. The van der Waals surface area contributed by atoms with Gasteiger partial charge in [-0.25, -0.2) is 4.98 Å². The third-order valence-electron chi connectivity index (χ3n) is 3.56. The van der Waals surface area contributed by atoms with Gasteiger partial charge in [0.1, 0.15) is 5.82 Å². The molecule has 0 fully saturated rings. The van der Waals surface area contributed by atoms with Crippen molar-refractivity contribution in [3.63, 3.8) is 0 Å². The van der Waals surface area contributed by atoms with E-state index in [-0.39, 0.29) is 0 Å². The maximum atomic E-state index is 4.81. The van der Waals surface area contributed by atoms with Crippen molar-refractivity contribution >= 4 is 0 Å². The van der Waals surface area contributed by atoms with Crippen LogP contribution in [0.4, 0.5) is 0 Å². The average Bonchev–Trinajstić information content (AvgIpc) is 3.03. The fourth-order valence-electron chi connectivity index (χ4n) is 2.64. The molecule has 1 aliphatic heterocycles. The van der Waals surface area contributed by atoms with Gasteiger partial charge in [0.25, 0.3) is 0 Å². The highest BCUT2D eigenvalue weighted by atomic mass is 15.4. The van der Waals surface area contributed by atoms with Crippen LogP contribution in [0.15, 0.2) is 12.4 Å². The first-order valence-corrected chi connectivity index (χ1v) is 6.88. The Labute approximate surface area is 112 Å². The molecule has 0 spiro atoms. The van der Waals surface area contributed by atoms with Gasteiger partial charge in [0, 0.05) is 43.9 Å². The molecule has 0 aromatic carbocycles. The van der Waals surface area contributed by atoms with Crippen molar-refractivity contribution in [3.8, 4) is 0 Å². The Balaban J connectivity index is 1.87. The van der Waals surface area contributed by atoms with Crippen molar-refractivity contribution in [1.29, 1.82) is 0 Å². The summed E-state index contributed by atoms with van der Waals surface area (Å²) >= 11 is 0. The zero-order valence-corrected chi connectivity index (χ0v) is 11.5. The van der Waals surface area contributed by atoms with Crippen LogP contribution in [0.25, 0.3) is 0 Å². The molecule has 1 N–H and O–H groups in total. The van der Waals surface area contributed by atoms with Crippen molar-refractivity contribution in [3.05, 3.63) is 29.6 Å². The number of rotatable bonds is 4. The number of hydrogen-bond acceptors (Lipinski definition) is 4. The van der Waals surface area contributed by atoms with E-state index in [9.17, 15) is 0 Å². The molecule has 0 atom stereocenters. The molecule has 1 aliphatic rings. The Hall–Kier alpha value is -1.69. The highest BCUT2D eigenvalue weighted by Crippen LogP contribution is 2.21. The second-order valence-corrected chi connectivity index (χ2v) is 5.26. The molecule has 6 nitrogen and oxygen atoms in total. The summed E-state index contributed by atoms with van der Waals surface area (Å²) in [7, 11) is 0. The van der Waals surface area contributed by atoms with Gasteiger partial charge in [0.2, 0.25) is 0 Å². The fraction of sp³-hybridized carbons (Fsp3) is 0.615. The maximum absolute atomic E-state index is 4.81. The maximum Gasteiger partial charge on any atom is 0.111 e. The van der Waals surface area contributed by atoms with Gasteiger partial charge in [0.15, 0.2) is 0 Å². The van der Waals surface area contributed by atoms with Crippen molar-refractivity contribution in [1.82, 2.24) is 29.9 Å². The third kappa shape index (κ3) is 2.40. The van der Waals surface area contributed by atoms with Crippen LogP contribution in [0.2, 0.25) is 0 Å². The van der Waals surface area contributed by atoms with E-state index in [1.54, 1.807) is 6.20 Å². The Kier molecular flexibility index (Phi) is 3.33. The van der Waals surface area contributed by atoms with Gasteiger partial charge in [-0.3, -0.25) is 4.68 Å². The molecule has 0 aliphatic carbocycles. The lowest BCUT2D eigenvalue weighted by Crippen LogP contribution is -2.25. The predicted molar refractivity (Wildman–Crippen MR) is 71.7 cm³/mol. The average molecular weight is 260 g/mol. The van der Waals surface area contributed by atoms with Crippen LogP contribution < -0.4 is 5.32 Å². The van der Waals surface area contributed by atoms with E-state index >= 15 is 0 Å². The first kappa shape index (κ1) is 12.3. The van der Waals surface area contributed by atoms with Gasteiger partial charge in [-0.05, 0) is 0 Å². The summed E-state index contributed by atoms with van der Waals surface area (Å²) in [6.45, 7) is 8.10. The SMILES string of the molecule is CC(C)c1nc2c(n1CCn1ccnn1)CCNC2. The van der Waals surface area contributed by atoms with Gasteiger partial charge in [0.05, 0.1) is 18.4 Å². The largest absolute Gasteiger partial charge is 0.330 e. The van der Waals surface area contributed by atoms with Crippen molar-refractivity contribution in [2.75, 3.05) is 6.54 Å². The molecule has 2 aromatic heterocycles. The first-order chi connectivity index (χ1) is 9.25. The van der Waals surface area contributed by atoms with E-state index in [4.69, 9.17) is 4.98 Å². The summed E-state index contributed by atoms with van der Waals surface area (Å²) in [5, 5.41) is 11.3. The molecule has 2 aromatic rings. The van der Waals surface area contributed by atoms with Crippen molar-refractivity contribution in [2.45, 2.75) is 45.8 Å². The van der Waals surface area contributed by atoms with E-state index in [1.807, 2.05) is 10.9 Å². The smallest absolute Gasteiger partial charge is 0.111 e. The molecule has 0 amide bonds. The lowest BCUT2D eigenvalue weighted by atomic mass is 10.2. The molecule has 3 rings (SSSR count). The van der Waals surface area contributed by atoms with Crippen molar-refractivity contribution in [2.24, 2.45) is 0 Å². The monoisotopic (exact) mass is 260 g/mol. The van der Waals surface area contributed by atoms with E-state index < -0.39 is 0 Å². The summed E-state index contributed by atoms with van der Waals surface area (Å²) in [4.78, 5) is 4.81. The van der Waals surface area contributed by atoms with E-state index in [0.29, 0.717) is 5.92 Å². The normalized spacial score (nSPS) is 14.9. The highest BCUT2D eigenvalue weighted by molar-refractivity contribution is 5.21. The fourth-order valence-corrected chi connectivity index (χ4v) is 2.64. The standard InChI is InChI=1S/C13H20N6/c1-10(2)13-16-11-9-14-4-3-12(11)19(13)8-7-18-6-5-15-17-18/h5-6,10,14H,3-4,7-9H2,1-2H3. The van der Waals surface area contributed by atoms with Crippen LogP contribution in [0.1, 0.15) is 37.0 Å². The van der Waals surface area contributed by atoms with Gasteiger partial charge in [-0.1, -0.05) is 19.1 Å². The number of hydrogen-bond donors (Lipinski definition) is 1. The van der Waals surface area contributed by atoms with Gasteiger partial charge in [-0.15, -0.1) is 5.10 Å². The van der Waals surface area contributed by atoms with Crippen molar-refractivity contribution < 1.29 is 0 Å². The zero-order valence-electron chi connectivity index (χ0n) is 11.5. The first-order valence-electron chi connectivity index (χ1n) is 6.88. The third-order valence-corrected chi connectivity index (χ3v) is 3.56. The van der Waals surface area contributed by atoms with Crippen LogP contribution in [0.5, 0.6) is 0 Å². The molecule has 0 radical (unpaired) electrons. The van der Waals surface area contributed by atoms with Gasteiger partial charge < -0.3 is 9.88 Å². The predicted octanol–water partition coefficient (Wildman–Crippen LogP) is 0.944. The molecule has 0 saturated carbocycles. The molecule has 19 heavy (non-hydrogen) atoms. The minimum Gasteiger partial charge on any atom is -0.330 e. The number of fused-ring (bicyclic) bond motifs is 1. The summed E-state index contributed by atoms with van der Waals surface area (Å²) in [6, 6.07) is 0. The second kappa shape index (κ2) is 5.13. The van der Waals surface area contributed by atoms with Crippen LogP contribution in [-0.4, -0.2) is 31.1 Å². The lowest BCUT2D eigenvalue weighted by molar-refractivity contribution is 0.485. The van der Waals surface area contributed by atoms with Crippen LogP contribution in [-0.2, 0) is 26.1 Å². The van der Waals surface area contributed by atoms with Gasteiger partial charge >= 0.3 is 0 Å². The topological polar surface area (TPSA) is 60.6 Å². The number of nitrogens with zero attached hydrogens (tertiary/aromatic N) is 5. The van der Waals surface area contributed by atoms with Crippen LogP contribution in [0, 0.1) is 0 Å². The molecule has 3 heterocycles. The molecule has 102 valence electrons. The number of nitrogens with one attached hydrogen (secondary N) is 1. The molecule has 0 bridgehead atoms. The number of aryl methyl sites for hydroxylation is 1. The molecule has 0 saturated heterocycles. The highest BCUT2D eigenvalue weighted by Gasteiger charge is 2.20. The quantitative estimate of drug-likeness (QED) is 0.889. The second-order valence-electron chi connectivity index (χ2n) is 5.26. The minimum atomic E-state index is 0.446. The van der Waals surface area contributed by atoms with Crippen LogP contribution >= 0.6 is 0 Å². The molecular weight excluding hydrogens is 240 g/mol. The Morgan fingerprint density at radius 2 is 2.26 bits per heavy atom. The Morgan fingerprint density at radius 3 is 3.00 bits per heavy atom. The van der Waals surface area contributed by atoms with E-state index in [0.717, 1.165) is 32.6 Å². The van der Waals surface area contributed by atoms with Crippen LogP contribution in [0.3, 0.4) is 0 Å². The Bertz CT molecular complexity index is 540.